The number of carbonyl (C=O) groups is 1. The van der Waals surface area contributed by atoms with Crippen LogP contribution >= 0.6 is 22.9 Å². The van der Waals surface area contributed by atoms with E-state index in [1.807, 2.05) is 31.2 Å². The Labute approximate surface area is 164 Å². The lowest BCUT2D eigenvalue weighted by Crippen LogP contribution is -2.30. The largest absolute Gasteiger partial charge is 0.361 e. The van der Waals surface area contributed by atoms with E-state index in [4.69, 9.17) is 16.1 Å². The van der Waals surface area contributed by atoms with Gasteiger partial charge in [-0.25, -0.2) is 4.98 Å². The third-order valence-corrected chi connectivity index (χ3v) is 5.58. The van der Waals surface area contributed by atoms with Crippen LogP contribution in [0.15, 0.2) is 47.2 Å². The second kappa shape index (κ2) is 7.09. The van der Waals surface area contributed by atoms with Crippen molar-refractivity contribution in [1.82, 2.24) is 15.1 Å². The van der Waals surface area contributed by atoms with Gasteiger partial charge in [0.2, 0.25) is 0 Å². The minimum atomic E-state index is -0.279. The second-order valence-corrected chi connectivity index (χ2v) is 7.51. The standard InChI is InChI=1S/C19H15ClN4O2S/c1-11-8-15(23-26-11)18(25)24(10-13-4-3-7-21-9-13)19-22-17-12(2)14(20)5-6-16(17)27-19/h3-9H,10H2,1-2H3. The topological polar surface area (TPSA) is 72.1 Å². The number of halogens is 1. The van der Waals surface area contributed by atoms with Crippen LogP contribution in [0.3, 0.4) is 0 Å². The molecule has 0 radical (unpaired) electrons. The van der Waals surface area contributed by atoms with Crippen molar-refractivity contribution in [3.8, 4) is 0 Å². The molecule has 0 atom stereocenters. The van der Waals surface area contributed by atoms with Crippen LogP contribution in [0.4, 0.5) is 5.13 Å². The lowest BCUT2D eigenvalue weighted by atomic mass is 10.2. The Morgan fingerprint density at radius 3 is 2.85 bits per heavy atom. The summed E-state index contributed by atoms with van der Waals surface area (Å²) in [6.07, 6.45) is 3.42. The van der Waals surface area contributed by atoms with Crippen LogP contribution in [-0.4, -0.2) is 21.0 Å². The molecule has 6 nitrogen and oxygen atoms in total. The summed E-state index contributed by atoms with van der Waals surface area (Å²) in [6, 6.07) is 9.12. The number of benzene rings is 1. The first-order valence-electron chi connectivity index (χ1n) is 8.22. The number of amides is 1. The van der Waals surface area contributed by atoms with Gasteiger partial charge < -0.3 is 4.52 Å². The zero-order chi connectivity index (χ0) is 19.0. The van der Waals surface area contributed by atoms with E-state index in [1.54, 1.807) is 30.3 Å². The van der Waals surface area contributed by atoms with E-state index in [9.17, 15) is 4.79 Å². The number of nitrogens with zero attached hydrogens (tertiary/aromatic N) is 4. The second-order valence-electron chi connectivity index (χ2n) is 6.09. The number of aryl methyl sites for hydroxylation is 2. The number of hydrogen-bond acceptors (Lipinski definition) is 6. The van der Waals surface area contributed by atoms with Gasteiger partial charge in [0.05, 0.1) is 16.8 Å². The number of anilines is 1. The summed E-state index contributed by atoms with van der Waals surface area (Å²) in [5.41, 5.74) is 2.82. The predicted molar refractivity (Wildman–Crippen MR) is 105 cm³/mol. The van der Waals surface area contributed by atoms with Crippen LogP contribution in [0.1, 0.15) is 27.4 Å². The Kier molecular flexibility index (Phi) is 4.63. The molecule has 0 fully saturated rings. The van der Waals surface area contributed by atoms with Gasteiger partial charge in [0.15, 0.2) is 10.8 Å². The number of hydrogen-bond donors (Lipinski definition) is 0. The molecule has 0 spiro atoms. The van der Waals surface area contributed by atoms with Gasteiger partial charge in [0.1, 0.15) is 5.76 Å². The molecule has 27 heavy (non-hydrogen) atoms. The average molecular weight is 399 g/mol. The zero-order valence-electron chi connectivity index (χ0n) is 14.6. The van der Waals surface area contributed by atoms with Crippen LogP contribution in [0.5, 0.6) is 0 Å². The highest BCUT2D eigenvalue weighted by Gasteiger charge is 2.25. The molecule has 0 N–H and O–H groups in total. The smallest absolute Gasteiger partial charge is 0.282 e. The van der Waals surface area contributed by atoms with Crippen molar-refractivity contribution >= 4 is 44.2 Å². The fourth-order valence-corrected chi connectivity index (χ4v) is 3.89. The minimum absolute atomic E-state index is 0.241. The summed E-state index contributed by atoms with van der Waals surface area (Å²) in [4.78, 5) is 23.5. The molecule has 0 aliphatic carbocycles. The molecule has 0 saturated heterocycles. The third kappa shape index (κ3) is 3.43. The molecular formula is C19H15ClN4O2S. The molecule has 3 heterocycles. The van der Waals surface area contributed by atoms with Gasteiger partial charge in [-0.15, -0.1) is 0 Å². The van der Waals surface area contributed by atoms with Gasteiger partial charge in [-0.1, -0.05) is 34.2 Å². The maximum absolute atomic E-state index is 13.1. The average Bonchev–Trinajstić information content (AvgIpc) is 3.30. The summed E-state index contributed by atoms with van der Waals surface area (Å²) < 4.78 is 6.04. The van der Waals surface area contributed by atoms with Crippen molar-refractivity contribution in [2.45, 2.75) is 20.4 Å². The Bertz CT molecular complexity index is 1120. The van der Waals surface area contributed by atoms with E-state index in [0.29, 0.717) is 22.5 Å². The predicted octanol–water partition coefficient (Wildman–Crippen LogP) is 4.80. The molecule has 0 aliphatic rings. The van der Waals surface area contributed by atoms with Crippen molar-refractivity contribution in [2.24, 2.45) is 0 Å². The molecule has 0 unspecified atom stereocenters. The van der Waals surface area contributed by atoms with Gasteiger partial charge in [-0.3, -0.25) is 14.7 Å². The molecule has 8 heteroatoms. The quantitative estimate of drug-likeness (QED) is 0.494. The molecule has 0 aliphatic heterocycles. The Balaban J connectivity index is 1.79. The Morgan fingerprint density at radius 1 is 1.30 bits per heavy atom. The highest BCUT2D eigenvalue weighted by Crippen LogP contribution is 2.34. The van der Waals surface area contributed by atoms with Gasteiger partial charge in [0.25, 0.3) is 5.91 Å². The van der Waals surface area contributed by atoms with E-state index in [2.05, 4.69) is 15.1 Å². The SMILES string of the molecule is Cc1cc(C(=O)N(Cc2cccnc2)c2nc3c(C)c(Cl)ccc3s2)no1. The number of carbonyl (C=O) groups excluding carboxylic acids is 1. The van der Waals surface area contributed by atoms with E-state index in [1.165, 1.54) is 11.3 Å². The number of fused-ring (bicyclic) bond motifs is 1. The van der Waals surface area contributed by atoms with Crippen LogP contribution in [0.25, 0.3) is 10.2 Å². The number of rotatable bonds is 4. The van der Waals surface area contributed by atoms with Crippen LogP contribution < -0.4 is 4.90 Å². The van der Waals surface area contributed by atoms with Crippen molar-refractivity contribution in [3.05, 3.63) is 70.3 Å². The van der Waals surface area contributed by atoms with E-state index in [0.717, 1.165) is 21.3 Å². The first-order chi connectivity index (χ1) is 13.0. The van der Waals surface area contributed by atoms with Gasteiger partial charge in [-0.05, 0) is 43.2 Å². The van der Waals surface area contributed by atoms with Crippen LogP contribution in [0.2, 0.25) is 5.02 Å². The molecule has 3 aromatic heterocycles. The lowest BCUT2D eigenvalue weighted by molar-refractivity contribution is 0.0976. The molecule has 1 amide bonds. The highest BCUT2D eigenvalue weighted by atomic mass is 35.5. The first kappa shape index (κ1) is 17.6. The molecule has 4 rings (SSSR count). The number of pyridine rings is 1. The lowest BCUT2D eigenvalue weighted by Gasteiger charge is -2.18. The van der Waals surface area contributed by atoms with Crippen molar-refractivity contribution < 1.29 is 9.32 Å². The molecule has 1 aromatic carbocycles. The highest BCUT2D eigenvalue weighted by molar-refractivity contribution is 7.22. The van der Waals surface area contributed by atoms with Crippen molar-refractivity contribution in [1.29, 1.82) is 0 Å². The zero-order valence-corrected chi connectivity index (χ0v) is 16.2. The summed E-state index contributed by atoms with van der Waals surface area (Å²) in [7, 11) is 0. The molecule has 0 saturated carbocycles. The summed E-state index contributed by atoms with van der Waals surface area (Å²) in [5, 5.41) is 5.09. The molecule has 4 aromatic rings. The van der Waals surface area contributed by atoms with Gasteiger partial charge >= 0.3 is 0 Å². The minimum Gasteiger partial charge on any atom is -0.361 e. The normalized spacial score (nSPS) is 11.1. The summed E-state index contributed by atoms with van der Waals surface area (Å²) >= 11 is 7.65. The van der Waals surface area contributed by atoms with Crippen LogP contribution in [-0.2, 0) is 6.54 Å². The first-order valence-corrected chi connectivity index (χ1v) is 9.42. The molecule has 0 bridgehead atoms. The maximum Gasteiger partial charge on any atom is 0.282 e. The van der Waals surface area contributed by atoms with Gasteiger partial charge in [-0.2, -0.15) is 0 Å². The number of aromatic nitrogens is 3. The molecular weight excluding hydrogens is 384 g/mol. The summed E-state index contributed by atoms with van der Waals surface area (Å²) in [5.74, 6) is 0.296. The monoisotopic (exact) mass is 398 g/mol. The Morgan fingerprint density at radius 2 is 2.15 bits per heavy atom. The molecule has 136 valence electrons. The van der Waals surface area contributed by atoms with Gasteiger partial charge in [0, 0.05) is 23.5 Å². The third-order valence-electron chi connectivity index (χ3n) is 4.12. The van der Waals surface area contributed by atoms with E-state index < -0.39 is 0 Å². The maximum atomic E-state index is 13.1. The fourth-order valence-electron chi connectivity index (χ4n) is 2.71. The van der Waals surface area contributed by atoms with E-state index in [-0.39, 0.29) is 11.6 Å². The Hall–Kier alpha value is -2.77. The van der Waals surface area contributed by atoms with Crippen molar-refractivity contribution in [3.63, 3.8) is 0 Å². The van der Waals surface area contributed by atoms with E-state index >= 15 is 0 Å². The van der Waals surface area contributed by atoms with Crippen molar-refractivity contribution in [2.75, 3.05) is 4.90 Å². The fraction of sp³-hybridized carbons (Fsp3) is 0.158. The summed E-state index contributed by atoms with van der Waals surface area (Å²) in [6.45, 7) is 3.99. The number of thiazole rings is 1. The van der Waals surface area contributed by atoms with Crippen LogP contribution in [0, 0.1) is 13.8 Å².